The standard InChI is InChI=1S/C14H25N3O/c15-13-6-9-17(11-4-1-2-5-11)10-12(13)14(18)16-7-3-8-16/h11-13H,1-10,15H2/t12-,13-/m1/s1. The van der Waals surface area contributed by atoms with E-state index in [0.717, 1.165) is 38.6 Å². The predicted molar refractivity (Wildman–Crippen MR) is 71.1 cm³/mol. The summed E-state index contributed by atoms with van der Waals surface area (Å²) in [5.41, 5.74) is 6.18. The second-order valence-electron chi connectivity index (χ2n) is 6.17. The Labute approximate surface area is 109 Å². The number of nitrogens with zero attached hydrogens (tertiary/aromatic N) is 2. The van der Waals surface area contributed by atoms with Gasteiger partial charge in [-0.25, -0.2) is 0 Å². The van der Waals surface area contributed by atoms with Crippen LogP contribution in [0.4, 0.5) is 0 Å². The van der Waals surface area contributed by atoms with Gasteiger partial charge in [0.2, 0.25) is 5.91 Å². The number of nitrogens with two attached hydrogens (primary N) is 1. The fraction of sp³-hybridized carbons (Fsp3) is 0.929. The molecule has 2 atom stereocenters. The first kappa shape index (κ1) is 12.4. The smallest absolute Gasteiger partial charge is 0.228 e. The highest BCUT2D eigenvalue weighted by Crippen LogP contribution is 2.28. The monoisotopic (exact) mass is 251 g/mol. The van der Waals surface area contributed by atoms with Gasteiger partial charge in [0.05, 0.1) is 5.92 Å². The van der Waals surface area contributed by atoms with Gasteiger partial charge in [-0.15, -0.1) is 0 Å². The van der Waals surface area contributed by atoms with Crippen LogP contribution in [0.3, 0.4) is 0 Å². The van der Waals surface area contributed by atoms with Gasteiger partial charge in [0.25, 0.3) is 0 Å². The van der Waals surface area contributed by atoms with E-state index in [9.17, 15) is 4.79 Å². The van der Waals surface area contributed by atoms with E-state index >= 15 is 0 Å². The average molecular weight is 251 g/mol. The number of piperidine rings is 1. The van der Waals surface area contributed by atoms with Crippen molar-refractivity contribution >= 4 is 5.91 Å². The molecule has 0 bridgehead atoms. The van der Waals surface area contributed by atoms with Crippen molar-refractivity contribution < 1.29 is 4.79 Å². The molecule has 3 rings (SSSR count). The molecule has 1 amide bonds. The molecular weight excluding hydrogens is 226 g/mol. The maximum atomic E-state index is 12.4. The van der Waals surface area contributed by atoms with Gasteiger partial charge in [-0.2, -0.15) is 0 Å². The van der Waals surface area contributed by atoms with Crippen LogP contribution in [-0.2, 0) is 4.79 Å². The van der Waals surface area contributed by atoms with Crippen LogP contribution >= 0.6 is 0 Å². The highest BCUT2D eigenvalue weighted by Gasteiger charge is 2.38. The summed E-state index contributed by atoms with van der Waals surface area (Å²) in [4.78, 5) is 16.9. The topological polar surface area (TPSA) is 49.6 Å². The summed E-state index contributed by atoms with van der Waals surface area (Å²) in [5, 5.41) is 0. The van der Waals surface area contributed by atoms with Gasteiger partial charge in [0, 0.05) is 31.7 Å². The maximum Gasteiger partial charge on any atom is 0.228 e. The first-order valence-corrected chi connectivity index (χ1v) is 7.54. The molecule has 0 aromatic rings. The molecule has 1 saturated carbocycles. The van der Waals surface area contributed by atoms with Crippen molar-refractivity contribution in [1.29, 1.82) is 0 Å². The molecule has 2 aliphatic heterocycles. The molecule has 0 radical (unpaired) electrons. The number of hydrogen-bond donors (Lipinski definition) is 1. The van der Waals surface area contributed by atoms with E-state index < -0.39 is 0 Å². The molecule has 18 heavy (non-hydrogen) atoms. The molecule has 0 unspecified atom stereocenters. The minimum absolute atomic E-state index is 0.0552. The number of carbonyl (C=O) groups excluding carboxylic acids is 1. The summed E-state index contributed by atoms with van der Waals surface area (Å²) in [7, 11) is 0. The summed E-state index contributed by atoms with van der Waals surface area (Å²) < 4.78 is 0. The average Bonchev–Trinajstić information content (AvgIpc) is 2.80. The van der Waals surface area contributed by atoms with E-state index in [1.165, 1.54) is 32.1 Å². The molecule has 4 nitrogen and oxygen atoms in total. The van der Waals surface area contributed by atoms with Gasteiger partial charge in [-0.1, -0.05) is 12.8 Å². The van der Waals surface area contributed by atoms with Crippen molar-refractivity contribution in [3.63, 3.8) is 0 Å². The number of hydrogen-bond acceptors (Lipinski definition) is 3. The van der Waals surface area contributed by atoms with Crippen molar-refractivity contribution in [1.82, 2.24) is 9.80 Å². The Balaban J connectivity index is 1.62. The molecule has 102 valence electrons. The Morgan fingerprint density at radius 2 is 1.72 bits per heavy atom. The molecule has 3 fully saturated rings. The number of amides is 1. The zero-order chi connectivity index (χ0) is 12.5. The van der Waals surface area contributed by atoms with Gasteiger partial charge in [-0.3, -0.25) is 9.69 Å². The Kier molecular flexibility index (Phi) is 3.57. The van der Waals surface area contributed by atoms with E-state index in [4.69, 9.17) is 5.73 Å². The van der Waals surface area contributed by atoms with Crippen molar-refractivity contribution in [2.45, 2.75) is 50.6 Å². The van der Waals surface area contributed by atoms with Crippen LogP contribution in [0.2, 0.25) is 0 Å². The van der Waals surface area contributed by atoms with Gasteiger partial charge in [-0.05, 0) is 32.2 Å². The van der Waals surface area contributed by atoms with Gasteiger partial charge >= 0.3 is 0 Å². The van der Waals surface area contributed by atoms with Crippen LogP contribution in [0.5, 0.6) is 0 Å². The first-order valence-electron chi connectivity index (χ1n) is 7.54. The minimum Gasteiger partial charge on any atom is -0.342 e. The fourth-order valence-electron chi connectivity index (χ4n) is 3.63. The molecule has 2 N–H and O–H groups in total. The van der Waals surface area contributed by atoms with E-state index in [1.54, 1.807) is 0 Å². The Morgan fingerprint density at radius 3 is 2.33 bits per heavy atom. The van der Waals surface area contributed by atoms with Crippen molar-refractivity contribution in [2.24, 2.45) is 11.7 Å². The second-order valence-corrected chi connectivity index (χ2v) is 6.17. The second kappa shape index (κ2) is 5.17. The third-order valence-electron chi connectivity index (χ3n) is 5.02. The third-order valence-corrected chi connectivity index (χ3v) is 5.02. The largest absolute Gasteiger partial charge is 0.342 e. The number of rotatable bonds is 2. The summed E-state index contributed by atoms with van der Waals surface area (Å²) in [6, 6.07) is 0.806. The van der Waals surface area contributed by atoms with Crippen LogP contribution in [-0.4, -0.2) is 54.0 Å². The van der Waals surface area contributed by atoms with E-state index in [1.807, 2.05) is 4.90 Å². The molecule has 4 heteroatoms. The van der Waals surface area contributed by atoms with Crippen LogP contribution in [0.25, 0.3) is 0 Å². The van der Waals surface area contributed by atoms with Gasteiger partial charge in [0.15, 0.2) is 0 Å². The summed E-state index contributed by atoms with van der Waals surface area (Å²) in [6.45, 7) is 3.90. The zero-order valence-corrected chi connectivity index (χ0v) is 11.2. The number of carbonyl (C=O) groups is 1. The van der Waals surface area contributed by atoms with Crippen LogP contribution in [0, 0.1) is 5.92 Å². The van der Waals surface area contributed by atoms with Gasteiger partial charge in [0.1, 0.15) is 0 Å². The third kappa shape index (κ3) is 2.28. The lowest BCUT2D eigenvalue weighted by molar-refractivity contribution is -0.141. The molecule has 0 aromatic carbocycles. The molecule has 2 heterocycles. The fourth-order valence-corrected chi connectivity index (χ4v) is 3.63. The summed E-state index contributed by atoms with van der Waals surface area (Å²) >= 11 is 0. The normalized spacial score (nSPS) is 34.6. The van der Waals surface area contributed by atoms with Gasteiger partial charge < -0.3 is 10.6 Å². The lowest BCUT2D eigenvalue weighted by Crippen LogP contribution is -2.57. The Hall–Kier alpha value is -0.610. The zero-order valence-electron chi connectivity index (χ0n) is 11.2. The van der Waals surface area contributed by atoms with Crippen LogP contribution in [0.15, 0.2) is 0 Å². The van der Waals surface area contributed by atoms with E-state index in [-0.39, 0.29) is 12.0 Å². The lowest BCUT2D eigenvalue weighted by Gasteiger charge is -2.42. The van der Waals surface area contributed by atoms with Crippen molar-refractivity contribution in [2.75, 3.05) is 26.2 Å². The minimum atomic E-state index is 0.0552. The van der Waals surface area contributed by atoms with Crippen LogP contribution < -0.4 is 5.73 Å². The quantitative estimate of drug-likeness (QED) is 0.790. The van der Waals surface area contributed by atoms with Crippen LogP contribution in [0.1, 0.15) is 38.5 Å². The SMILES string of the molecule is N[C@@H]1CCN(C2CCCC2)C[C@H]1C(=O)N1CCC1. The summed E-state index contributed by atoms with van der Waals surface area (Å²) in [5.74, 6) is 0.371. The highest BCUT2D eigenvalue weighted by atomic mass is 16.2. The number of likely N-dealkylation sites (tertiary alicyclic amines) is 2. The predicted octanol–water partition coefficient (Wildman–Crippen LogP) is 0.810. The van der Waals surface area contributed by atoms with E-state index in [0.29, 0.717) is 5.91 Å². The molecule has 0 spiro atoms. The molecule has 0 aromatic heterocycles. The molecular formula is C14H25N3O. The summed E-state index contributed by atoms with van der Waals surface area (Å²) in [6.07, 6.45) is 7.51. The Morgan fingerprint density at radius 1 is 1.00 bits per heavy atom. The maximum absolute atomic E-state index is 12.4. The lowest BCUT2D eigenvalue weighted by atomic mass is 9.89. The molecule has 3 aliphatic rings. The Bertz CT molecular complexity index is 310. The van der Waals surface area contributed by atoms with E-state index in [2.05, 4.69) is 4.90 Å². The van der Waals surface area contributed by atoms with Crippen molar-refractivity contribution in [3.05, 3.63) is 0 Å². The molecule has 1 aliphatic carbocycles. The first-order chi connectivity index (χ1) is 8.75. The van der Waals surface area contributed by atoms with Crippen molar-refractivity contribution in [3.8, 4) is 0 Å². The molecule has 2 saturated heterocycles. The highest BCUT2D eigenvalue weighted by molar-refractivity contribution is 5.80.